The standard InChI is InChI=1S/C24H48O8/c1-3-5-6-7-8-9-11-26-12-13-27-14-15-28-16-17-29-18-19-30-20-21-31-22-23-32-24(25)10-4-2/h3-23H2,1-2H3. The van der Waals surface area contributed by atoms with Crippen molar-refractivity contribution in [2.45, 2.75) is 65.2 Å². The largest absolute Gasteiger partial charge is 0.463 e. The quantitative estimate of drug-likeness (QED) is 0.134. The molecule has 0 fully saturated rings. The number of esters is 1. The molecule has 0 aromatic carbocycles. The van der Waals surface area contributed by atoms with Crippen LogP contribution in [0.2, 0.25) is 0 Å². The highest BCUT2D eigenvalue weighted by atomic mass is 16.6. The molecule has 0 spiro atoms. The van der Waals surface area contributed by atoms with Crippen molar-refractivity contribution in [2.75, 3.05) is 85.9 Å². The minimum Gasteiger partial charge on any atom is -0.463 e. The maximum absolute atomic E-state index is 11.1. The number of hydrogen-bond donors (Lipinski definition) is 0. The van der Waals surface area contributed by atoms with Crippen molar-refractivity contribution in [2.24, 2.45) is 0 Å². The van der Waals surface area contributed by atoms with Crippen LogP contribution in [-0.2, 0) is 38.0 Å². The van der Waals surface area contributed by atoms with Crippen LogP contribution in [-0.4, -0.2) is 91.9 Å². The molecule has 0 aliphatic carbocycles. The zero-order valence-corrected chi connectivity index (χ0v) is 20.6. The highest BCUT2D eigenvalue weighted by Crippen LogP contribution is 2.04. The lowest BCUT2D eigenvalue weighted by Gasteiger charge is -2.08. The molecule has 192 valence electrons. The van der Waals surface area contributed by atoms with E-state index in [4.69, 9.17) is 33.2 Å². The molecule has 0 rings (SSSR count). The molecule has 8 heteroatoms. The molecule has 0 aromatic heterocycles. The van der Waals surface area contributed by atoms with Gasteiger partial charge < -0.3 is 33.2 Å². The van der Waals surface area contributed by atoms with Crippen molar-refractivity contribution in [1.82, 2.24) is 0 Å². The Morgan fingerprint density at radius 1 is 0.438 bits per heavy atom. The summed E-state index contributed by atoms with van der Waals surface area (Å²) in [7, 11) is 0. The molecule has 0 heterocycles. The normalized spacial score (nSPS) is 11.2. The Kier molecular flexibility index (Phi) is 27.6. The van der Waals surface area contributed by atoms with Gasteiger partial charge in [-0.05, 0) is 12.8 Å². The lowest BCUT2D eigenvalue weighted by molar-refractivity contribution is -0.145. The molecule has 0 unspecified atom stereocenters. The predicted molar refractivity (Wildman–Crippen MR) is 124 cm³/mol. The van der Waals surface area contributed by atoms with Crippen molar-refractivity contribution in [3.8, 4) is 0 Å². The van der Waals surface area contributed by atoms with Crippen LogP contribution in [0.15, 0.2) is 0 Å². The third-order valence-corrected chi connectivity index (χ3v) is 4.45. The Morgan fingerprint density at radius 2 is 0.812 bits per heavy atom. The molecule has 0 atom stereocenters. The first kappa shape index (κ1) is 31.2. The fraction of sp³-hybridized carbons (Fsp3) is 0.958. The topological polar surface area (TPSA) is 81.7 Å². The van der Waals surface area contributed by atoms with Gasteiger partial charge in [0.25, 0.3) is 0 Å². The molecule has 0 saturated heterocycles. The average molecular weight is 465 g/mol. The second kappa shape index (κ2) is 28.3. The van der Waals surface area contributed by atoms with E-state index < -0.39 is 0 Å². The zero-order valence-electron chi connectivity index (χ0n) is 20.6. The third-order valence-electron chi connectivity index (χ3n) is 4.45. The summed E-state index contributed by atoms with van der Waals surface area (Å²) in [5, 5.41) is 0. The molecular formula is C24H48O8. The Labute approximate surface area is 195 Å². The lowest BCUT2D eigenvalue weighted by atomic mass is 10.1. The SMILES string of the molecule is CCCCCCCCOCCOCCOCCOCCOCCOCCOC(=O)CCC. The first-order chi connectivity index (χ1) is 15.8. The van der Waals surface area contributed by atoms with Gasteiger partial charge in [-0.25, -0.2) is 0 Å². The third kappa shape index (κ3) is 27.3. The number of ether oxygens (including phenoxy) is 7. The maximum Gasteiger partial charge on any atom is 0.305 e. The second-order valence-electron chi connectivity index (χ2n) is 7.41. The van der Waals surface area contributed by atoms with Gasteiger partial charge in [0.1, 0.15) is 6.61 Å². The maximum atomic E-state index is 11.1. The summed E-state index contributed by atoms with van der Waals surface area (Å²) in [6, 6.07) is 0. The molecule has 0 aliphatic heterocycles. The van der Waals surface area contributed by atoms with E-state index in [9.17, 15) is 4.79 Å². The van der Waals surface area contributed by atoms with E-state index in [0.29, 0.717) is 85.7 Å². The Hall–Kier alpha value is -0.770. The Bertz CT molecular complexity index is 368. The van der Waals surface area contributed by atoms with Gasteiger partial charge in [-0.2, -0.15) is 0 Å². The van der Waals surface area contributed by atoms with Crippen LogP contribution in [0.5, 0.6) is 0 Å². The summed E-state index contributed by atoms with van der Waals surface area (Å²) in [5.74, 6) is -0.176. The summed E-state index contributed by atoms with van der Waals surface area (Å²) in [5.41, 5.74) is 0. The van der Waals surface area contributed by atoms with Gasteiger partial charge in [0.15, 0.2) is 0 Å². The van der Waals surface area contributed by atoms with Crippen LogP contribution in [0, 0.1) is 0 Å². The van der Waals surface area contributed by atoms with Gasteiger partial charge in [0.05, 0.1) is 72.7 Å². The van der Waals surface area contributed by atoms with Gasteiger partial charge in [-0.15, -0.1) is 0 Å². The van der Waals surface area contributed by atoms with Crippen molar-refractivity contribution < 1.29 is 38.0 Å². The summed E-state index contributed by atoms with van der Waals surface area (Å²) in [4.78, 5) is 11.1. The molecule has 0 aliphatic rings. The van der Waals surface area contributed by atoms with E-state index in [-0.39, 0.29) is 5.97 Å². The molecule has 0 saturated carbocycles. The monoisotopic (exact) mass is 464 g/mol. The summed E-state index contributed by atoms with van der Waals surface area (Å²) >= 11 is 0. The molecule has 0 radical (unpaired) electrons. The Morgan fingerprint density at radius 3 is 1.25 bits per heavy atom. The number of carbonyl (C=O) groups is 1. The summed E-state index contributed by atoms with van der Waals surface area (Å²) < 4.78 is 37.6. The van der Waals surface area contributed by atoms with E-state index in [2.05, 4.69) is 6.92 Å². The van der Waals surface area contributed by atoms with Gasteiger partial charge in [0, 0.05) is 13.0 Å². The van der Waals surface area contributed by atoms with E-state index in [0.717, 1.165) is 19.4 Å². The Balaban J connectivity index is 3.03. The summed E-state index contributed by atoms with van der Waals surface area (Å²) in [6.07, 6.45) is 8.95. The van der Waals surface area contributed by atoms with Crippen LogP contribution in [0.3, 0.4) is 0 Å². The van der Waals surface area contributed by atoms with Crippen LogP contribution in [0.25, 0.3) is 0 Å². The van der Waals surface area contributed by atoms with Gasteiger partial charge >= 0.3 is 5.97 Å². The van der Waals surface area contributed by atoms with Crippen molar-refractivity contribution >= 4 is 5.97 Å². The smallest absolute Gasteiger partial charge is 0.305 e. The van der Waals surface area contributed by atoms with Crippen molar-refractivity contribution in [3.63, 3.8) is 0 Å². The summed E-state index contributed by atoms with van der Waals surface area (Å²) in [6.45, 7) is 11.1. The number of unbranched alkanes of at least 4 members (excludes halogenated alkanes) is 5. The minimum absolute atomic E-state index is 0.176. The zero-order chi connectivity index (χ0) is 23.4. The highest BCUT2D eigenvalue weighted by molar-refractivity contribution is 5.69. The molecule has 0 aromatic rings. The molecule has 8 nitrogen and oxygen atoms in total. The van der Waals surface area contributed by atoms with Crippen LogP contribution >= 0.6 is 0 Å². The van der Waals surface area contributed by atoms with E-state index in [1.165, 1.54) is 32.1 Å². The highest BCUT2D eigenvalue weighted by Gasteiger charge is 1.99. The van der Waals surface area contributed by atoms with Crippen LogP contribution < -0.4 is 0 Å². The fourth-order valence-corrected chi connectivity index (χ4v) is 2.68. The van der Waals surface area contributed by atoms with E-state index in [1.54, 1.807) is 0 Å². The van der Waals surface area contributed by atoms with Crippen molar-refractivity contribution in [1.29, 1.82) is 0 Å². The molecule has 0 N–H and O–H groups in total. The van der Waals surface area contributed by atoms with Crippen molar-refractivity contribution in [3.05, 3.63) is 0 Å². The fourth-order valence-electron chi connectivity index (χ4n) is 2.68. The van der Waals surface area contributed by atoms with E-state index >= 15 is 0 Å². The average Bonchev–Trinajstić information content (AvgIpc) is 2.79. The predicted octanol–water partition coefficient (Wildman–Crippen LogP) is 3.79. The van der Waals surface area contributed by atoms with Gasteiger partial charge in [0.2, 0.25) is 0 Å². The first-order valence-electron chi connectivity index (χ1n) is 12.4. The first-order valence-corrected chi connectivity index (χ1v) is 12.4. The van der Waals surface area contributed by atoms with E-state index in [1.807, 2.05) is 6.92 Å². The lowest BCUT2D eigenvalue weighted by Crippen LogP contribution is -2.15. The number of rotatable bonds is 27. The molecule has 0 bridgehead atoms. The minimum atomic E-state index is -0.176. The van der Waals surface area contributed by atoms with Crippen LogP contribution in [0.1, 0.15) is 65.2 Å². The number of hydrogen-bond acceptors (Lipinski definition) is 8. The molecular weight excluding hydrogens is 416 g/mol. The number of carbonyl (C=O) groups excluding carboxylic acids is 1. The molecule has 32 heavy (non-hydrogen) atoms. The van der Waals surface area contributed by atoms with Gasteiger partial charge in [-0.3, -0.25) is 4.79 Å². The molecule has 0 amide bonds. The second-order valence-corrected chi connectivity index (χ2v) is 7.41. The van der Waals surface area contributed by atoms with Crippen LogP contribution in [0.4, 0.5) is 0 Å². The van der Waals surface area contributed by atoms with Gasteiger partial charge in [-0.1, -0.05) is 46.0 Å².